The van der Waals surface area contributed by atoms with Gasteiger partial charge in [-0.3, -0.25) is 9.78 Å². The third-order valence-corrected chi connectivity index (χ3v) is 6.14. The number of carbonyl (C=O) groups excluding carboxylic acids is 1. The molecule has 8 heteroatoms. The summed E-state index contributed by atoms with van der Waals surface area (Å²) in [5, 5.41) is 9.52. The summed E-state index contributed by atoms with van der Waals surface area (Å²) in [7, 11) is 0. The topological polar surface area (TPSA) is 75.4 Å². The zero-order valence-corrected chi connectivity index (χ0v) is 18.8. The van der Waals surface area contributed by atoms with Gasteiger partial charge in [0.25, 0.3) is 5.91 Å². The van der Waals surface area contributed by atoms with E-state index >= 15 is 0 Å². The molecule has 1 amide bonds. The molecular weight excluding hydrogens is 408 g/mol. The number of nitrogens with one attached hydrogen (secondary N) is 1. The van der Waals surface area contributed by atoms with Gasteiger partial charge in [0.15, 0.2) is 5.65 Å². The number of amides is 1. The molecule has 31 heavy (non-hydrogen) atoms. The van der Waals surface area contributed by atoms with Gasteiger partial charge < -0.3 is 10.2 Å². The molecule has 4 rings (SSSR count). The maximum Gasteiger partial charge on any atom is 0.251 e. The normalized spacial score (nSPS) is 12.4. The van der Waals surface area contributed by atoms with E-state index in [2.05, 4.69) is 34.1 Å². The van der Waals surface area contributed by atoms with Crippen LogP contribution in [-0.4, -0.2) is 56.1 Å². The molecule has 4 aromatic rings. The Morgan fingerprint density at radius 3 is 2.81 bits per heavy atom. The Bertz CT molecular complexity index is 1170. The SMILES string of the molecule is CCN(CC)C[C@@H](C)NC(=O)c1ccnc(-c2cnn3ccc(-c4cccs4)nc23)c1. The van der Waals surface area contributed by atoms with Crippen molar-refractivity contribution < 1.29 is 4.79 Å². The molecule has 1 N–H and O–H groups in total. The smallest absolute Gasteiger partial charge is 0.251 e. The van der Waals surface area contributed by atoms with Crippen LogP contribution in [0, 0.1) is 0 Å². The van der Waals surface area contributed by atoms with Crippen molar-refractivity contribution in [2.24, 2.45) is 0 Å². The molecular formula is C23H26N6OS. The van der Waals surface area contributed by atoms with Crippen molar-refractivity contribution in [2.45, 2.75) is 26.8 Å². The molecule has 4 aromatic heterocycles. The van der Waals surface area contributed by atoms with Gasteiger partial charge in [-0.1, -0.05) is 19.9 Å². The standard InChI is InChI=1S/C23H26N6OS/c1-4-28(5-2)15-16(3)26-23(30)17-8-10-24-20(13-17)18-14-25-29-11-9-19(27-22(18)29)21-7-6-12-31-21/h6-14,16H,4-5,15H2,1-3H3,(H,26,30)/t16-/m1/s1. The van der Waals surface area contributed by atoms with Gasteiger partial charge in [0.1, 0.15) is 0 Å². The first-order valence-electron chi connectivity index (χ1n) is 10.5. The van der Waals surface area contributed by atoms with Gasteiger partial charge >= 0.3 is 0 Å². The first-order chi connectivity index (χ1) is 15.1. The van der Waals surface area contributed by atoms with Crippen molar-refractivity contribution in [1.29, 1.82) is 0 Å². The molecule has 1 atom stereocenters. The van der Waals surface area contributed by atoms with E-state index in [1.165, 1.54) is 0 Å². The predicted molar refractivity (Wildman–Crippen MR) is 124 cm³/mol. The van der Waals surface area contributed by atoms with Crippen LogP contribution >= 0.6 is 11.3 Å². The fraction of sp³-hybridized carbons (Fsp3) is 0.304. The zero-order valence-electron chi connectivity index (χ0n) is 17.9. The highest BCUT2D eigenvalue weighted by atomic mass is 32.1. The van der Waals surface area contributed by atoms with Crippen LogP contribution in [0.2, 0.25) is 0 Å². The predicted octanol–water partition coefficient (Wildman–Crippen LogP) is 3.98. The Balaban J connectivity index is 1.59. The van der Waals surface area contributed by atoms with E-state index in [1.54, 1.807) is 40.4 Å². The molecule has 0 aliphatic carbocycles. The van der Waals surface area contributed by atoms with E-state index in [0.29, 0.717) is 16.9 Å². The van der Waals surface area contributed by atoms with Crippen LogP contribution in [0.1, 0.15) is 31.1 Å². The average Bonchev–Trinajstić information content (AvgIpc) is 3.47. The summed E-state index contributed by atoms with van der Waals surface area (Å²) in [5.74, 6) is -0.105. The molecule has 0 spiro atoms. The van der Waals surface area contributed by atoms with E-state index < -0.39 is 0 Å². The summed E-state index contributed by atoms with van der Waals surface area (Å²) < 4.78 is 1.73. The third-order valence-electron chi connectivity index (χ3n) is 5.24. The minimum absolute atomic E-state index is 0.0519. The molecule has 0 radical (unpaired) electrons. The van der Waals surface area contributed by atoms with Gasteiger partial charge in [-0.2, -0.15) is 5.10 Å². The van der Waals surface area contributed by atoms with Crippen molar-refractivity contribution in [3.8, 4) is 21.8 Å². The van der Waals surface area contributed by atoms with Gasteiger partial charge in [0, 0.05) is 30.5 Å². The number of pyridine rings is 1. The Hall–Kier alpha value is -3.10. The summed E-state index contributed by atoms with van der Waals surface area (Å²) in [6.07, 6.45) is 5.30. The van der Waals surface area contributed by atoms with Crippen LogP contribution in [0.4, 0.5) is 0 Å². The largest absolute Gasteiger partial charge is 0.348 e. The maximum atomic E-state index is 12.8. The Labute approximate surface area is 185 Å². The fourth-order valence-electron chi connectivity index (χ4n) is 3.55. The highest BCUT2D eigenvalue weighted by Crippen LogP contribution is 2.27. The van der Waals surface area contributed by atoms with E-state index in [0.717, 1.165) is 35.8 Å². The monoisotopic (exact) mass is 434 g/mol. The Morgan fingerprint density at radius 2 is 2.06 bits per heavy atom. The van der Waals surface area contributed by atoms with Gasteiger partial charge in [-0.05, 0) is 49.7 Å². The van der Waals surface area contributed by atoms with E-state index in [4.69, 9.17) is 4.98 Å². The van der Waals surface area contributed by atoms with Gasteiger partial charge in [0.2, 0.25) is 0 Å². The number of fused-ring (bicyclic) bond motifs is 1. The van der Waals surface area contributed by atoms with Crippen molar-refractivity contribution in [3.63, 3.8) is 0 Å². The molecule has 0 aliphatic heterocycles. The lowest BCUT2D eigenvalue weighted by atomic mass is 10.1. The van der Waals surface area contributed by atoms with Crippen LogP contribution in [0.3, 0.4) is 0 Å². The molecule has 7 nitrogen and oxygen atoms in total. The molecule has 0 unspecified atom stereocenters. The highest BCUT2D eigenvalue weighted by Gasteiger charge is 2.16. The second-order valence-corrected chi connectivity index (χ2v) is 8.35. The van der Waals surface area contributed by atoms with Crippen LogP contribution in [0.15, 0.2) is 54.3 Å². The maximum absolute atomic E-state index is 12.8. The molecule has 4 heterocycles. The van der Waals surface area contributed by atoms with Crippen molar-refractivity contribution >= 4 is 22.9 Å². The van der Waals surface area contributed by atoms with E-state index in [9.17, 15) is 4.79 Å². The summed E-state index contributed by atoms with van der Waals surface area (Å²) in [4.78, 5) is 25.5. The van der Waals surface area contributed by atoms with Crippen molar-refractivity contribution in [1.82, 2.24) is 29.8 Å². The van der Waals surface area contributed by atoms with E-state index in [-0.39, 0.29) is 11.9 Å². The van der Waals surface area contributed by atoms with Crippen molar-refractivity contribution in [2.75, 3.05) is 19.6 Å². The molecule has 0 aliphatic rings. The summed E-state index contributed by atoms with van der Waals surface area (Å²) in [6, 6.07) is 9.59. The van der Waals surface area contributed by atoms with Crippen LogP contribution in [0.5, 0.6) is 0 Å². The quantitative estimate of drug-likeness (QED) is 0.454. The summed E-state index contributed by atoms with van der Waals surface area (Å²) in [6.45, 7) is 9.03. The van der Waals surface area contributed by atoms with Crippen LogP contribution in [0.25, 0.3) is 27.5 Å². The lowest BCUT2D eigenvalue weighted by Gasteiger charge is -2.23. The highest BCUT2D eigenvalue weighted by molar-refractivity contribution is 7.13. The zero-order chi connectivity index (χ0) is 21.8. The first kappa shape index (κ1) is 21.1. The number of likely N-dealkylation sites (N-methyl/N-ethyl adjacent to an activating group) is 1. The second kappa shape index (κ2) is 9.36. The second-order valence-electron chi connectivity index (χ2n) is 7.41. The average molecular weight is 435 g/mol. The lowest BCUT2D eigenvalue weighted by Crippen LogP contribution is -2.41. The third kappa shape index (κ3) is 4.65. The van der Waals surface area contributed by atoms with Crippen LogP contribution < -0.4 is 5.32 Å². The summed E-state index contributed by atoms with van der Waals surface area (Å²) in [5.41, 5.74) is 3.65. The molecule has 0 bridgehead atoms. The molecule has 0 aromatic carbocycles. The van der Waals surface area contributed by atoms with Gasteiger partial charge in [-0.25, -0.2) is 9.50 Å². The number of rotatable bonds is 8. The summed E-state index contributed by atoms with van der Waals surface area (Å²) >= 11 is 1.64. The minimum Gasteiger partial charge on any atom is -0.348 e. The van der Waals surface area contributed by atoms with Gasteiger partial charge in [0.05, 0.1) is 28.0 Å². The number of carbonyl (C=O) groups is 1. The number of hydrogen-bond acceptors (Lipinski definition) is 6. The first-order valence-corrected chi connectivity index (χ1v) is 11.3. The lowest BCUT2D eigenvalue weighted by molar-refractivity contribution is 0.0930. The number of nitrogens with zero attached hydrogens (tertiary/aromatic N) is 5. The Morgan fingerprint density at radius 1 is 1.23 bits per heavy atom. The van der Waals surface area contributed by atoms with E-state index in [1.807, 2.05) is 36.7 Å². The van der Waals surface area contributed by atoms with Crippen LogP contribution in [-0.2, 0) is 0 Å². The number of hydrogen-bond donors (Lipinski definition) is 1. The van der Waals surface area contributed by atoms with Crippen molar-refractivity contribution in [3.05, 3.63) is 59.9 Å². The molecule has 0 fully saturated rings. The number of thiophene rings is 1. The Kier molecular flexibility index (Phi) is 6.39. The minimum atomic E-state index is -0.105. The molecule has 0 saturated carbocycles. The van der Waals surface area contributed by atoms with Gasteiger partial charge in [-0.15, -0.1) is 11.3 Å². The molecule has 160 valence electrons. The number of aromatic nitrogens is 4. The fourth-order valence-corrected chi connectivity index (χ4v) is 4.25. The molecule has 0 saturated heterocycles.